The molecule has 0 aromatic rings. The fourth-order valence-corrected chi connectivity index (χ4v) is 0.735. The van der Waals surface area contributed by atoms with Crippen LogP contribution in [0.4, 0.5) is 4.79 Å². The zero-order chi connectivity index (χ0) is 11.0. The van der Waals surface area contributed by atoms with E-state index in [4.69, 9.17) is 4.74 Å². The molecule has 0 aliphatic heterocycles. The maximum atomic E-state index is 10.8. The van der Waals surface area contributed by atoms with Gasteiger partial charge in [-0.25, -0.2) is 4.79 Å². The second kappa shape index (κ2) is 6.90. The van der Waals surface area contributed by atoms with Crippen LogP contribution in [0.3, 0.4) is 0 Å². The second-order valence-corrected chi connectivity index (χ2v) is 2.38. The molecule has 0 spiro atoms. The summed E-state index contributed by atoms with van der Waals surface area (Å²) in [6, 6.07) is 0. The first-order valence-electron chi connectivity index (χ1n) is 4.01. The van der Waals surface area contributed by atoms with Gasteiger partial charge >= 0.3 is 12.1 Å². The Morgan fingerprint density at radius 2 is 2.21 bits per heavy atom. The van der Waals surface area contributed by atoms with Crippen molar-refractivity contribution >= 4 is 12.1 Å². The van der Waals surface area contributed by atoms with Crippen LogP contribution in [0.25, 0.3) is 0 Å². The van der Waals surface area contributed by atoms with E-state index in [2.05, 4.69) is 22.1 Å². The van der Waals surface area contributed by atoms with E-state index in [-0.39, 0.29) is 6.42 Å². The Labute approximate surface area is 81.6 Å². The average Bonchev–Trinajstić information content (AvgIpc) is 2.16. The number of rotatable bonds is 5. The quantitative estimate of drug-likeness (QED) is 0.405. The molecule has 0 saturated heterocycles. The number of carbonyl (C=O) groups excluding carboxylic acids is 2. The maximum Gasteiger partial charge on any atom is 0.513 e. The molecule has 1 unspecified atom stereocenters. The van der Waals surface area contributed by atoms with Gasteiger partial charge < -0.3 is 14.3 Å². The lowest BCUT2D eigenvalue weighted by molar-refractivity contribution is -0.146. The predicted molar refractivity (Wildman–Crippen MR) is 46.7 cm³/mol. The van der Waals surface area contributed by atoms with Crippen LogP contribution in [0.15, 0.2) is 12.8 Å². The molecule has 6 nitrogen and oxygen atoms in total. The fourth-order valence-electron chi connectivity index (χ4n) is 0.735. The molecule has 1 atom stereocenters. The molecule has 0 bridgehead atoms. The fraction of sp³-hybridized carbons (Fsp3) is 0.500. The van der Waals surface area contributed by atoms with E-state index in [0.717, 1.165) is 6.26 Å². The van der Waals surface area contributed by atoms with Crippen molar-refractivity contribution in [3.63, 3.8) is 0 Å². The third-order valence-corrected chi connectivity index (χ3v) is 1.42. The lowest BCUT2D eigenvalue weighted by atomic mass is 10.2. The normalized spacial score (nSPS) is 11.3. The third-order valence-electron chi connectivity index (χ3n) is 1.42. The van der Waals surface area contributed by atoms with Gasteiger partial charge in [-0.05, 0) is 6.42 Å². The minimum absolute atomic E-state index is 0.0980. The smallest absolute Gasteiger partial charge is 0.430 e. The highest BCUT2D eigenvalue weighted by Crippen LogP contribution is 2.05. The minimum Gasteiger partial charge on any atom is -0.430 e. The van der Waals surface area contributed by atoms with Gasteiger partial charge in [-0.3, -0.25) is 4.79 Å². The highest BCUT2D eigenvalue weighted by molar-refractivity contribution is 5.70. The van der Waals surface area contributed by atoms with E-state index < -0.39 is 18.2 Å². The molecule has 2 N–H and O–H groups in total. The molecule has 0 aliphatic carbocycles. The molecule has 14 heavy (non-hydrogen) atoms. The summed E-state index contributed by atoms with van der Waals surface area (Å²) in [4.78, 5) is 25.4. The monoisotopic (exact) mass is 203 g/mol. The molecule has 0 fully saturated rings. The van der Waals surface area contributed by atoms with Crippen molar-refractivity contribution in [1.29, 1.82) is 0 Å². The van der Waals surface area contributed by atoms with Crippen molar-refractivity contribution in [2.75, 3.05) is 0 Å². The Hall–Kier alpha value is -1.56. The molecule has 0 rings (SSSR count). The lowest BCUT2D eigenvalue weighted by Crippen LogP contribution is -2.23. The van der Waals surface area contributed by atoms with Gasteiger partial charge in [0, 0.05) is 0 Å². The first-order chi connectivity index (χ1) is 6.63. The summed E-state index contributed by atoms with van der Waals surface area (Å²) < 4.78 is 9.03. The third kappa shape index (κ3) is 5.15. The van der Waals surface area contributed by atoms with E-state index in [1.807, 2.05) is 0 Å². The van der Waals surface area contributed by atoms with Crippen LogP contribution in [0.1, 0.15) is 19.8 Å². The van der Waals surface area contributed by atoms with Gasteiger partial charge in [-0.15, -0.1) is 0 Å². The highest BCUT2D eigenvalue weighted by Gasteiger charge is 2.17. The molecule has 0 amide bonds. The number of nitrogens with two attached hydrogens (primary N) is 1. The molecule has 6 heteroatoms. The van der Waals surface area contributed by atoms with E-state index in [9.17, 15) is 9.59 Å². The van der Waals surface area contributed by atoms with Crippen LogP contribution in [-0.2, 0) is 19.1 Å². The zero-order valence-corrected chi connectivity index (χ0v) is 7.89. The van der Waals surface area contributed by atoms with Crippen molar-refractivity contribution in [1.82, 2.24) is 0 Å². The van der Waals surface area contributed by atoms with Crippen molar-refractivity contribution in [2.45, 2.75) is 25.9 Å². The van der Waals surface area contributed by atoms with Crippen molar-refractivity contribution in [3.8, 4) is 0 Å². The Balaban J connectivity index is 3.95. The van der Waals surface area contributed by atoms with E-state index in [1.54, 1.807) is 6.92 Å². The number of hydrogen-bond donors (Lipinski definition) is 1. The summed E-state index contributed by atoms with van der Waals surface area (Å²) >= 11 is 0. The molecule has 0 radical (unpaired) electrons. The Bertz CT molecular complexity index is 216. The van der Waals surface area contributed by atoms with Gasteiger partial charge in [-0.1, -0.05) is 13.5 Å². The van der Waals surface area contributed by atoms with Gasteiger partial charge in [0.15, 0.2) is 0 Å². The molecular weight excluding hydrogens is 190 g/mol. The minimum atomic E-state index is -0.906. The van der Waals surface area contributed by atoms with Crippen LogP contribution < -0.4 is 5.90 Å². The summed E-state index contributed by atoms with van der Waals surface area (Å²) in [6.45, 7) is 4.92. The molecule has 0 saturated carbocycles. The molecule has 0 heterocycles. The largest absolute Gasteiger partial charge is 0.513 e. The van der Waals surface area contributed by atoms with Gasteiger partial charge in [-0.2, -0.15) is 5.90 Å². The summed E-state index contributed by atoms with van der Waals surface area (Å²) in [5.41, 5.74) is 0. The molecule has 0 aliphatic rings. The summed E-state index contributed by atoms with van der Waals surface area (Å²) in [5, 5.41) is 0. The Kier molecular flexibility index (Phi) is 6.13. The zero-order valence-electron chi connectivity index (χ0n) is 7.89. The summed E-state index contributed by atoms with van der Waals surface area (Å²) in [5.74, 6) is 3.98. The second-order valence-electron chi connectivity index (χ2n) is 2.38. The summed E-state index contributed by atoms with van der Waals surface area (Å²) in [7, 11) is 0. The first kappa shape index (κ1) is 12.4. The molecular formula is C8H13NO5. The SMILES string of the molecule is C=COC(=O)OC(CC)CC(=O)ON. The Morgan fingerprint density at radius 3 is 2.64 bits per heavy atom. The van der Waals surface area contributed by atoms with Gasteiger partial charge in [0.05, 0.1) is 12.7 Å². The van der Waals surface area contributed by atoms with Crippen molar-refractivity contribution in [3.05, 3.63) is 12.8 Å². The van der Waals surface area contributed by atoms with Gasteiger partial charge in [0.2, 0.25) is 0 Å². The van der Waals surface area contributed by atoms with E-state index in [0.29, 0.717) is 6.42 Å². The van der Waals surface area contributed by atoms with Gasteiger partial charge in [0.25, 0.3) is 0 Å². The van der Waals surface area contributed by atoms with Crippen molar-refractivity contribution < 1.29 is 23.9 Å². The topological polar surface area (TPSA) is 87.8 Å². The van der Waals surface area contributed by atoms with E-state index >= 15 is 0 Å². The maximum absolute atomic E-state index is 10.8. The Morgan fingerprint density at radius 1 is 1.57 bits per heavy atom. The van der Waals surface area contributed by atoms with Crippen LogP contribution in [0.2, 0.25) is 0 Å². The molecule has 0 aromatic carbocycles. The number of carbonyl (C=O) groups is 2. The molecule has 80 valence electrons. The van der Waals surface area contributed by atoms with Crippen LogP contribution in [-0.4, -0.2) is 18.2 Å². The number of hydrogen-bond acceptors (Lipinski definition) is 6. The van der Waals surface area contributed by atoms with Crippen LogP contribution >= 0.6 is 0 Å². The lowest BCUT2D eigenvalue weighted by Gasteiger charge is -2.12. The highest BCUT2D eigenvalue weighted by atomic mass is 16.7. The van der Waals surface area contributed by atoms with Crippen molar-refractivity contribution in [2.24, 2.45) is 5.90 Å². The van der Waals surface area contributed by atoms with Crippen LogP contribution in [0, 0.1) is 0 Å². The summed E-state index contributed by atoms with van der Waals surface area (Å²) in [6.07, 6.45) is -0.202. The van der Waals surface area contributed by atoms with Crippen LogP contribution in [0.5, 0.6) is 0 Å². The van der Waals surface area contributed by atoms with E-state index in [1.165, 1.54) is 0 Å². The molecule has 0 aromatic heterocycles. The predicted octanol–water partition coefficient (Wildman–Crippen LogP) is 0.869. The number of ether oxygens (including phenoxy) is 2. The first-order valence-corrected chi connectivity index (χ1v) is 4.01. The van der Waals surface area contributed by atoms with Gasteiger partial charge in [0.1, 0.15) is 6.10 Å². The standard InChI is InChI=1S/C8H13NO5/c1-3-6(5-7(10)14-9)13-8(11)12-4-2/h4,6H,2-3,5,9H2,1H3. The average molecular weight is 203 g/mol.